The van der Waals surface area contributed by atoms with Gasteiger partial charge in [0.15, 0.2) is 10.8 Å². The van der Waals surface area contributed by atoms with Crippen LogP contribution in [0.3, 0.4) is 0 Å². The Morgan fingerprint density at radius 3 is 2.65 bits per heavy atom. The second-order valence-electron chi connectivity index (χ2n) is 8.08. The van der Waals surface area contributed by atoms with Gasteiger partial charge < -0.3 is 21.4 Å². The van der Waals surface area contributed by atoms with Gasteiger partial charge in [0.1, 0.15) is 5.69 Å². The number of carboxylic acid groups (broad SMARTS) is 1. The van der Waals surface area contributed by atoms with Crippen molar-refractivity contribution >= 4 is 34.1 Å². The highest BCUT2D eigenvalue weighted by molar-refractivity contribution is 7.13. The predicted octanol–water partition coefficient (Wildman–Crippen LogP) is 4.01. The van der Waals surface area contributed by atoms with Gasteiger partial charge in [-0.1, -0.05) is 30.5 Å². The molecule has 2 aliphatic rings. The van der Waals surface area contributed by atoms with Crippen LogP contribution in [0.1, 0.15) is 76.3 Å². The zero-order valence-corrected chi connectivity index (χ0v) is 18.4. The molecule has 1 aromatic rings. The molecule has 0 bridgehead atoms. The van der Waals surface area contributed by atoms with E-state index in [-0.39, 0.29) is 22.6 Å². The summed E-state index contributed by atoms with van der Waals surface area (Å²) in [6.07, 6.45) is 11.8. The number of aliphatic carboxylic acids is 1. The first kappa shape index (κ1) is 23.0. The van der Waals surface area contributed by atoms with E-state index in [9.17, 15) is 19.9 Å². The van der Waals surface area contributed by atoms with Crippen molar-refractivity contribution in [3.63, 3.8) is 0 Å². The van der Waals surface area contributed by atoms with Crippen LogP contribution >= 0.6 is 11.3 Å². The van der Waals surface area contributed by atoms with E-state index in [1.165, 1.54) is 6.42 Å². The first-order valence-electron chi connectivity index (χ1n) is 10.9. The number of allylic oxidation sites excluding steroid dienone is 2. The fourth-order valence-corrected chi connectivity index (χ4v) is 4.88. The average Bonchev–Trinajstić information content (AvgIpc) is 3.10. The van der Waals surface area contributed by atoms with E-state index in [4.69, 9.17) is 5.73 Å². The van der Waals surface area contributed by atoms with Crippen molar-refractivity contribution in [1.29, 1.82) is 0 Å². The van der Waals surface area contributed by atoms with Gasteiger partial charge in [-0.05, 0) is 62.5 Å². The standard InChI is InChI=1S/C22H30N4O4S/c23-22-25-18(13-31-22)19(26-30)20(27)24-15-10-6-7-11-16(21(28)29)17(12-15)14-8-4-2-1-3-5-9-14/h8,13,15,30H,1-7,9-12H2,(H2,23,25)(H,24,27)(H,28,29)/b14-8-,17-16-,26-19?. The average molecular weight is 447 g/mol. The number of thiazole rings is 1. The van der Waals surface area contributed by atoms with Gasteiger partial charge in [0.2, 0.25) is 0 Å². The molecule has 0 saturated heterocycles. The number of carboxylic acids is 1. The molecule has 0 spiro atoms. The van der Waals surface area contributed by atoms with E-state index in [1.807, 2.05) is 0 Å². The smallest absolute Gasteiger partial charge is 0.331 e. The van der Waals surface area contributed by atoms with Crippen molar-refractivity contribution in [2.24, 2.45) is 5.16 Å². The minimum atomic E-state index is -0.875. The van der Waals surface area contributed by atoms with Crippen molar-refractivity contribution in [1.82, 2.24) is 10.3 Å². The summed E-state index contributed by atoms with van der Waals surface area (Å²) in [5.74, 6) is -1.42. The van der Waals surface area contributed by atoms with Crippen LogP contribution in [-0.2, 0) is 9.59 Å². The molecule has 0 saturated carbocycles. The number of oxime groups is 1. The molecule has 1 unspecified atom stereocenters. The Morgan fingerprint density at radius 1 is 1.16 bits per heavy atom. The van der Waals surface area contributed by atoms with Crippen molar-refractivity contribution in [3.8, 4) is 0 Å². The summed E-state index contributed by atoms with van der Waals surface area (Å²) in [6, 6.07) is -0.253. The number of hydrogen-bond donors (Lipinski definition) is 4. The van der Waals surface area contributed by atoms with E-state index in [2.05, 4.69) is 21.5 Å². The number of nitrogens with zero attached hydrogens (tertiary/aromatic N) is 2. The number of rotatable bonds is 5. The lowest BCUT2D eigenvalue weighted by molar-refractivity contribution is -0.132. The third-order valence-corrected chi connectivity index (χ3v) is 6.57. The maximum atomic E-state index is 12.8. The second kappa shape index (κ2) is 11.1. The number of nitrogens with two attached hydrogens (primary N) is 1. The van der Waals surface area contributed by atoms with Crippen LogP contribution in [-0.4, -0.2) is 38.9 Å². The van der Waals surface area contributed by atoms with Crippen molar-refractivity contribution in [2.45, 2.75) is 76.7 Å². The lowest BCUT2D eigenvalue weighted by atomic mass is 9.83. The van der Waals surface area contributed by atoms with Gasteiger partial charge >= 0.3 is 5.97 Å². The van der Waals surface area contributed by atoms with Crippen LogP contribution in [0.5, 0.6) is 0 Å². The second-order valence-corrected chi connectivity index (χ2v) is 8.97. The number of amides is 1. The summed E-state index contributed by atoms with van der Waals surface area (Å²) in [6.45, 7) is 0. The predicted molar refractivity (Wildman–Crippen MR) is 120 cm³/mol. The third-order valence-electron chi connectivity index (χ3n) is 5.90. The third kappa shape index (κ3) is 6.16. The van der Waals surface area contributed by atoms with E-state index in [0.717, 1.165) is 73.8 Å². The molecule has 0 aliphatic heterocycles. The van der Waals surface area contributed by atoms with Gasteiger partial charge in [-0.3, -0.25) is 4.79 Å². The van der Waals surface area contributed by atoms with Gasteiger partial charge in [-0.15, -0.1) is 11.3 Å². The molecule has 9 heteroatoms. The van der Waals surface area contributed by atoms with Crippen LogP contribution in [0.2, 0.25) is 0 Å². The molecule has 0 aromatic carbocycles. The van der Waals surface area contributed by atoms with Gasteiger partial charge in [-0.2, -0.15) is 0 Å². The molecule has 1 heterocycles. The van der Waals surface area contributed by atoms with E-state index < -0.39 is 11.9 Å². The topological polar surface area (TPSA) is 138 Å². The molecule has 3 rings (SSSR count). The van der Waals surface area contributed by atoms with Crippen LogP contribution in [0.25, 0.3) is 0 Å². The molecule has 168 valence electrons. The number of carbonyl (C=O) groups is 2. The zero-order chi connectivity index (χ0) is 22.2. The lowest BCUT2D eigenvalue weighted by Gasteiger charge is -2.26. The molecule has 5 N–H and O–H groups in total. The monoisotopic (exact) mass is 446 g/mol. The summed E-state index contributed by atoms with van der Waals surface area (Å²) in [7, 11) is 0. The van der Waals surface area contributed by atoms with Crippen molar-refractivity contribution in [3.05, 3.63) is 33.9 Å². The first-order chi connectivity index (χ1) is 15.0. The Balaban J connectivity index is 1.84. The molecular weight excluding hydrogens is 416 g/mol. The molecule has 0 fully saturated rings. The van der Waals surface area contributed by atoms with Gasteiger partial charge in [0.05, 0.1) is 0 Å². The highest BCUT2D eigenvalue weighted by atomic mass is 32.1. The fraction of sp³-hybridized carbons (Fsp3) is 0.545. The Bertz CT molecular complexity index is 903. The molecule has 31 heavy (non-hydrogen) atoms. The molecule has 8 nitrogen and oxygen atoms in total. The van der Waals surface area contributed by atoms with E-state index >= 15 is 0 Å². The Morgan fingerprint density at radius 2 is 1.94 bits per heavy atom. The molecule has 0 radical (unpaired) electrons. The normalized spacial score (nSPS) is 25.4. The Labute approximate surface area is 185 Å². The molecular formula is C22H30N4O4S. The zero-order valence-electron chi connectivity index (χ0n) is 17.6. The van der Waals surface area contributed by atoms with Crippen LogP contribution in [0, 0.1) is 0 Å². The number of aromatic nitrogens is 1. The highest BCUT2D eigenvalue weighted by Crippen LogP contribution is 2.33. The minimum absolute atomic E-state index is 0.191. The summed E-state index contributed by atoms with van der Waals surface area (Å²) in [4.78, 5) is 28.9. The lowest BCUT2D eigenvalue weighted by Crippen LogP contribution is -2.40. The van der Waals surface area contributed by atoms with Gasteiger partial charge in [0.25, 0.3) is 5.91 Å². The fourth-order valence-electron chi connectivity index (χ4n) is 4.33. The molecule has 1 amide bonds. The highest BCUT2D eigenvalue weighted by Gasteiger charge is 2.27. The summed E-state index contributed by atoms with van der Waals surface area (Å²) >= 11 is 1.16. The van der Waals surface area contributed by atoms with Crippen LogP contribution in [0.4, 0.5) is 5.13 Å². The number of carbonyl (C=O) groups excluding carboxylic acids is 1. The first-order valence-corrected chi connectivity index (χ1v) is 11.8. The van der Waals surface area contributed by atoms with Crippen LogP contribution in [0.15, 0.2) is 33.3 Å². The van der Waals surface area contributed by atoms with Gasteiger partial charge in [-0.25, -0.2) is 9.78 Å². The van der Waals surface area contributed by atoms with E-state index in [1.54, 1.807) is 5.38 Å². The Kier molecular flexibility index (Phi) is 8.22. The number of nitrogen functional groups attached to an aromatic ring is 1. The summed E-state index contributed by atoms with van der Waals surface area (Å²) in [5, 5.41) is 27.2. The summed E-state index contributed by atoms with van der Waals surface area (Å²) in [5.41, 5.74) is 8.10. The van der Waals surface area contributed by atoms with E-state index in [0.29, 0.717) is 18.4 Å². The summed E-state index contributed by atoms with van der Waals surface area (Å²) < 4.78 is 0. The number of nitrogens with one attached hydrogen (secondary N) is 1. The number of anilines is 1. The minimum Gasteiger partial charge on any atom is -0.478 e. The molecule has 1 atom stereocenters. The largest absolute Gasteiger partial charge is 0.478 e. The quantitative estimate of drug-likeness (QED) is 0.306. The SMILES string of the molecule is Nc1nc(C(=NO)C(=O)NC2CCCC/C(C(=O)O)=C(/C3=C\CCCCCC3)C2)cs1. The maximum Gasteiger partial charge on any atom is 0.331 e. The van der Waals surface area contributed by atoms with Crippen molar-refractivity contribution < 1.29 is 19.9 Å². The van der Waals surface area contributed by atoms with Crippen LogP contribution < -0.4 is 11.1 Å². The van der Waals surface area contributed by atoms with Gasteiger partial charge in [0, 0.05) is 17.0 Å². The number of hydrogen-bond acceptors (Lipinski definition) is 7. The molecule has 2 aliphatic carbocycles. The van der Waals surface area contributed by atoms with Crippen molar-refractivity contribution in [2.75, 3.05) is 5.73 Å². The Hall–Kier alpha value is -2.68. The molecule has 1 aromatic heterocycles. The maximum absolute atomic E-state index is 12.8.